The van der Waals surface area contributed by atoms with Gasteiger partial charge in [0.25, 0.3) is 15.7 Å². The third-order valence-corrected chi connectivity index (χ3v) is 3.88. The SMILES string of the molecule is Nc1ccc([N+](=O)[O-])c(S(=O)(=O)Nc2ccncc2F)c1. The van der Waals surface area contributed by atoms with Gasteiger partial charge in [-0.2, -0.15) is 0 Å². The van der Waals surface area contributed by atoms with Gasteiger partial charge in [-0.05, 0) is 18.2 Å². The normalized spacial score (nSPS) is 11.1. The summed E-state index contributed by atoms with van der Waals surface area (Å²) in [6.45, 7) is 0. The van der Waals surface area contributed by atoms with E-state index in [-0.39, 0.29) is 11.4 Å². The van der Waals surface area contributed by atoms with Crippen LogP contribution in [0.4, 0.5) is 21.5 Å². The Kier molecular flexibility index (Phi) is 3.72. The number of hydrogen-bond donors (Lipinski definition) is 2. The highest BCUT2D eigenvalue weighted by atomic mass is 32.2. The second-order valence-electron chi connectivity index (χ2n) is 3.95. The molecule has 3 N–H and O–H groups in total. The van der Waals surface area contributed by atoms with E-state index >= 15 is 0 Å². The van der Waals surface area contributed by atoms with E-state index in [1.165, 1.54) is 12.3 Å². The molecule has 1 heterocycles. The Labute approximate surface area is 118 Å². The largest absolute Gasteiger partial charge is 0.399 e. The number of rotatable bonds is 4. The molecular weight excluding hydrogens is 303 g/mol. The fraction of sp³-hybridized carbons (Fsp3) is 0. The van der Waals surface area contributed by atoms with Crippen LogP contribution in [0.15, 0.2) is 41.6 Å². The minimum absolute atomic E-state index is 0.0242. The van der Waals surface area contributed by atoms with E-state index in [4.69, 9.17) is 5.73 Å². The second-order valence-corrected chi connectivity index (χ2v) is 5.60. The van der Waals surface area contributed by atoms with E-state index in [2.05, 4.69) is 4.98 Å². The third-order valence-electron chi connectivity index (χ3n) is 2.49. The van der Waals surface area contributed by atoms with E-state index in [1.54, 1.807) is 0 Å². The van der Waals surface area contributed by atoms with Crippen molar-refractivity contribution in [2.45, 2.75) is 4.90 Å². The Hall–Kier alpha value is -2.75. The van der Waals surface area contributed by atoms with Crippen LogP contribution in [-0.4, -0.2) is 18.3 Å². The van der Waals surface area contributed by atoms with Gasteiger partial charge in [0.2, 0.25) is 0 Å². The molecule has 21 heavy (non-hydrogen) atoms. The molecule has 0 bridgehead atoms. The lowest BCUT2D eigenvalue weighted by Crippen LogP contribution is -2.16. The Morgan fingerprint density at radius 3 is 2.67 bits per heavy atom. The number of hydrogen-bond acceptors (Lipinski definition) is 6. The minimum Gasteiger partial charge on any atom is -0.399 e. The summed E-state index contributed by atoms with van der Waals surface area (Å²) in [5.41, 5.74) is 4.44. The number of nitrogens with one attached hydrogen (secondary N) is 1. The van der Waals surface area contributed by atoms with Gasteiger partial charge < -0.3 is 5.73 Å². The van der Waals surface area contributed by atoms with Crippen LogP contribution in [0, 0.1) is 15.9 Å². The summed E-state index contributed by atoms with van der Waals surface area (Å²) < 4.78 is 39.7. The number of aromatic nitrogens is 1. The van der Waals surface area contributed by atoms with Gasteiger partial charge in [-0.15, -0.1) is 0 Å². The van der Waals surface area contributed by atoms with Gasteiger partial charge in [-0.25, -0.2) is 12.8 Å². The quantitative estimate of drug-likeness (QED) is 0.500. The molecule has 0 aliphatic carbocycles. The highest BCUT2D eigenvalue weighted by Crippen LogP contribution is 2.28. The molecule has 2 rings (SSSR count). The molecule has 0 radical (unpaired) electrons. The number of benzene rings is 1. The summed E-state index contributed by atoms with van der Waals surface area (Å²) in [7, 11) is -4.37. The van der Waals surface area contributed by atoms with Crippen LogP contribution in [-0.2, 0) is 10.0 Å². The molecule has 0 spiro atoms. The van der Waals surface area contributed by atoms with Gasteiger partial charge in [0.15, 0.2) is 10.7 Å². The predicted octanol–water partition coefficient (Wildman–Crippen LogP) is 1.51. The lowest BCUT2D eigenvalue weighted by Gasteiger charge is -2.09. The number of nitrogen functional groups attached to an aromatic ring is 1. The second kappa shape index (κ2) is 5.32. The molecule has 0 saturated heterocycles. The Bertz CT molecular complexity index is 810. The standard InChI is InChI=1S/C11H9FN4O4S/c12-8-6-14-4-3-9(8)15-21(19,20)11-5-7(13)1-2-10(11)16(17)18/h1-6H,13H2,(H,14,15). The van der Waals surface area contributed by atoms with E-state index in [1.807, 2.05) is 4.72 Å². The highest BCUT2D eigenvalue weighted by Gasteiger charge is 2.26. The van der Waals surface area contributed by atoms with Crippen molar-refractivity contribution in [3.8, 4) is 0 Å². The summed E-state index contributed by atoms with van der Waals surface area (Å²) in [6.07, 6.45) is 1.99. The summed E-state index contributed by atoms with van der Waals surface area (Å²) in [5, 5.41) is 10.9. The minimum atomic E-state index is -4.37. The van der Waals surface area contributed by atoms with Gasteiger partial charge >= 0.3 is 0 Å². The number of anilines is 2. The Morgan fingerprint density at radius 1 is 1.33 bits per heavy atom. The molecule has 110 valence electrons. The molecule has 8 nitrogen and oxygen atoms in total. The van der Waals surface area contributed by atoms with Crippen LogP contribution in [0.1, 0.15) is 0 Å². The molecule has 0 saturated carbocycles. The first-order valence-corrected chi connectivity index (χ1v) is 6.96. The fourth-order valence-corrected chi connectivity index (χ4v) is 2.83. The first-order valence-electron chi connectivity index (χ1n) is 5.47. The predicted molar refractivity (Wildman–Crippen MR) is 72.5 cm³/mol. The van der Waals surface area contributed by atoms with Gasteiger partial charge in [-0.1, -0.05) is 0 Å². The average Bonchev–Trinajstić information content (AvgIpc) is 2.41. The molecule has 0 amide bonds. The topological polar surface area (TPSA) is 128 Å². The lowest BCUT2D eigenvalue weighted by molar-refractivity contribution is -0.387. The van der Waals surface area contributed by atoms with Crippen molar-refractivity contribution in [3.05, 3.63) is 52.6 Å². The molecule has 10 heteroatoms. The maximum absolute atomic E-state index is 13.4. The summed E-state index contributed by atoms with van der Waals surface area (Å²) >= 11 is 0. The number of pyridine rings is 1. The zero-order valence-electron chi connectivity index (χ0n) is 10.4. The smallest absolute Gasteiger partial charge is 0.290 e. The van der Waals surface area contributed by atoms with Crippen LogP contribution in [0.5, 0.6) is 0 Å². The fourth-order valence-electron chi connectivity index (χ4n) is 1.55. The van der Waals surface area contributed by atoms with E-state index in [0.717, 1.165) is 24.4 Å². The third kappa shape index (κ3) is 3.05. The molecule has 0 aliphatic rings. The van der Waals surface area contributed by atoms with Crippen LogP contribution >= 0.6 is 0 Å². The number of nitro benzene ring substituents is 1. The van der Waals surface area contributed by atoms with Crippen LogP contribution in [0.25, 0.3) is 0 Å². The van der Waals surface area contributed by atoms with Crippen LogP contribution in [0.2, 0.25) is 0 Å². The molecule has 2 aromatic rings. The molecule has 1 aromatic heterocycles. The molecule has 1 aromatic carbocycles. The van der Waals surface area contributed by atoms with E-state index in [9.17, 15) is 22.9 Å². The zero-order chi connectivity index (χ0) is 15.6. The monoisotopic (exact) mass is 312 g/mol. The van der Waals surface area contributed by atoms with Crippen molar-refractivity contribution in [1.82, 2.24) is 4.98 Å². The van der Waals surface area contributed by atoms with Crippen molar-refractivity contribution in [3.63, 3.8) is 0 Å². The summed E-state index contributed by atoms with van der Waals surface area (Å²) in [6, 6.07) is 4.18. The van der Waals surface area contributed by atoms with Crippen LogP contribution < -0.4 is 10.5 Å². The molecule has 0 unspecified atom stereocenters. The first kappa shape index (κ1) is 14.7. The van der Waals surface area contributed by atoms with Crippen LogP contribution in [0.3, 0.4) is 0 Å². The maximum Gasteiger partial charge on any atom is 0.290 e. The molecule has 0 fully saturated rings. The van der Waals surface area contributed by atoms with Crippen molar-refractivity contribution >= 4 is 27.1 Å². The van der Waals surface area contributed by atoms with Gasteiger partial charge in [0.1, 0.15) is 0 Å². The number of nitrogens with two attached hydrogens (primary N) is 1. The van der Waals surface area contributed by atoms with E-state index in [0.29, 0.717) is 0 Å². The van der Waals surface area contributed by atoms with Gasteiger partial charge in [0, 0.05) is 18.0 Å². The van der Waals surface area contributed by atoms with Crippen molar-refractivity contribution in [2.75, 3.05) is 10.5 Å². The first-order chi connectivity index (χ1) is 9.81. The molecule has 0 atom stereocenters. The van der Waals surface area contributed by atoms with Crippen molar-refractivity contribution < 1.29 is 17.7 Å². The summed E-state index contributed by atoms with van der Waals surface area (Å²) in [4.78, 5) is 12.8. The zero-order valence-corrected chi connectivity index (χ0v) is 11.2. The Balaban J connectivity index is 2.52. The van der Waals surface area contributed by atoms with Crippen molar-refractivity contribution in [2.24, 2.45) is 0 Å². The number of nitro groups is 1. The lowest BCUT2D eigenvalue weighted by atomic mass is 10.3. The Morgan fingerprint density at radius 2 is 2.05 bits per heavy atom. The summed E-state index contributed by atoms with van der Waals surface area (Å²) in [5.74, 6) is -0.910. The highest BCUT2D eigenvalue weighted by molar-refractivity contribution is 7.92. The van der Waals surface area contributed by atoms with Crippen molar-refractivity contribution in [1.29, 1.82) is 0 Å². The van der Waals surface area contributed by atoms with E-state index < -0.39 is 31.3 Å². The average molecular weight is 312 g/mol. The van der Waals surface area contributed by atoms with Gasteiger partial charge in [0.05, 0.1) is 16.8 Å². The number of sulfonamides is 1. The maximum atomic E-state index is 13.4. The molecule has 0 aliphatic heterocycles. The van der Waals surface area contributed by atoms with Gasteiger partial charge in [-0.3, -0.25) is 19.8 Å². The number of halogens is 1. The molecular formula is C11H9FN4O4S. The number of nitrogens with zero attached hydrogens (tertiary/aromatic N) is 2.